The van der Waals surface area contributed by atoms with Crippen LogP contribution in [0.15, 0.2) is 18.6 Å². The molecule has 0 radical (unpaired) electrons. The van der Waals surface area contributed by atoms with Crippen LogP contribution >= 0.6 is 0 Å². The first-order valence-electron chi connectivity index (χ1n) is 4.52. The molecule has 0 spiro atoms. The maximum absolute atomic E-state index is 11.7. The summed E-state index contributed by atoms with van der Waals surface area (Å²) in [5.41, 5.74) is 0.459. The summed E-state index contributed by atoms with van der Waals surface area (Å²) >= 11 is 0. The molecule has 0 saturated heterocycles. The highest BCUT2D eigenvalue weighted by Gasteiger charge is 2.12. The quantitative estimate of drug-likeness (QED) is 0.660. The van der Waals surface area contributed by atoms with Crippen LogP contribution in [-0.2, 0) is 20.5 Å². The number of aryl methyl sites for hydroxylation is 2. The summed E-state index contributed by atoms with van der Waals surface area (Å²) in [6, 6.07) is 1.69. The Balaban J connectivity index is 2.14. The second-order valence-electron chi connectivity index (χ2n) is 3.27. The molecule has 0 bridgehead atoms. The summed E-state index contributed by atoms with van der Waals surface area (Å²) in [6.45, 7) is 0. The molecule has 0 aliphatic heterocycles. The van der Waals surface area contributed by atoms with E-state index in [0.717, 1.165) is 0 Å². The number of hydrogen-bond donors (Lipinski definition) is 0. The predicted molar refractivity (Wildman–Crippen MR) is 52.2 cm³/mol. The van der Waals surface area contributed by atoms with E-state index in [1.54, 1.807) is 35.7 Å². The van der Waals surface area contributed by atoms with E-state index in [2.05, 4.69) is 15.2 Å². The highest BCUT2D eigenvalue weighted by atomic mass is 16.1. The Hall–Kier alpha value is -1.98. The highest BCUT2D eigenvalue weighted by molar-refractivity contribution is 5.95. The van der Waals surface area contributed by atoms with Crippen LogP contribution < -0.4 is 0 Å². The average molecular weight is 205 g/mol. The highest BCUT2D eigenvalue weighted by Crippen LogP contribution is 2.01. The number of nitrogens with zero attached hydrogens (tertiary/aromatic N) is 5. The van der Waals surface area contributed by atoms with Crippen molar-refractivity contribution in [3.05, 3.63) is 30.1 Å². The lowest BCUT2D eigenvalue weighted by Crippen LogP contribution is -2.10. The summed E-state index contributed by atoms with van der Waals surface area (Å²) in [5, 5.41) is 7.93. The molecule has 78 valence electrons. The molecular weight excluding hydrogens is 194 g/mol. The van der Waals surface area contributed by atoms with Gasteiger partial charge in [0.05, 0.1) is 6.42 Å². The van der Waals surface area contributed by atoms with Crippen LogP contribution in [0.4, 0.5) is 0 Å². The minimum atomic E-state index is -0.0494. The van der Waals surface area contributed by atoms with E-state index in [-0.39, 0.29) is 12.2 Å². The van der Waals surface area contributed by atoms with E-state index in [0.29, 0.717) is 11.5 Å². The van der Waals surface area contributed by atoms with Gasteiger partial charge in [0, 0.05) is 20.3 Å². The van der Waals surface area contributed by atoms with Crippen LogP contribution in [0.2, 0.25) is 0 Å². The molecule has 2 aromatic rings. The number of hydrogen-bond acceptors (Lipinski definition) is 4. The second kappa shape index (κ2) is 3.64. The summed E-state index contributed by atoms with van der Waals surface area (Å²) in [5.74, 6) is 0.595. The molecule has 0 unspecified atom stereocenters. The van der Waals surface area contributed by atoms with E-state index in [4.69, 9.17) is 0 Å². The summed E-state index contributed by atoms with van der Waals surface area (Å²) in [4.78, 5) is 15.7. The number of ketones is 1. The third-order valence-corrected chi connectivity index (χ3v) is 2.12. The average Bonchev–Trinajstić information content (AvgIpc) is 2.77. The van der Waals surface area contributed by atoms with Crippen LogP contribution in [0, 0.1) is 0 Å². The van der Waals surface area contributed by atoms with Gasteiger partial charge in [-0.2, -0.15) is 10.2 Å². The molecule has 6 nitrogen and oxygen atoms in total. The van der Waals surface area contributed by atoms with E-state index < -0.39 is 0 Å². The maximum atomic E-state index is 11.7. The largest absolute Gasteiger partial charge is 0.292 e. The maximum Gasteiger partial charge on any atom is 0.190 e. The minimum absolute atomic E-state index is 0.0494. The molecule has 0 aliphatic rings. The standard InChI is InChI=1S/C9H11N5O/c1-13-4-3-7(12-13)8(15)5-9-10-6-11-14(9)2/h3-4,6H,5H2,1-2H3. The first-order chi connectivity index (χ1) is 7.16. The van der Waals surface area contributed by atoms with Gasteiger partial charge in [0.25, 0.3) is 0 Å². The van der Waals surface area contributed by atoms with Gasteiger partial charge in [-0.15, -0.1) is 0 Å². The third kappa shape index (κ3) is 1.93. The van der Waals surface area contributed by atoms with Crippen molar-refractivity contribution in [3.8, 4) is 0 Å². The lowest BCUT2D eigenvalue weighted by Gasteiger charge is -1.97. The number of Topliss-reactive ketones (excluding diaryl/α,β-unsaturated/α-hetero) is 1. The molecular formula is C9H11N5O. The number of carbonyl (C=O) groups is 1. The van der Waals surface area contributed by atoms with Gasteiger partial charge in [-0.3, -0.25) is 14.2 Å². The Morgan fingerprint density at radius 1 is 1.47 bits per heavy atom. The van der Waals surface area contributed by atoms with Gasteiger partial charge in [0.1, 0.15) is 17.8 Å². The number of carbonyl (C=O) groups excluding carboxylic acids is 1. The molecule has 0 N–H and O–H groups in total. The van der Waals surface area contributed by atoms with Crippen molar-refractivity contribution in [2.45, 2.75) is 6.42 Å². The molecule has 15 heavy (non-hydrogen) atoms. The van der Waals surface area contributed by atoms with Crippen molar-refractivity contribution < 1.29 is 4.79 Å². The molecule has 6 heteroatoms. The first-order valence-corrected chi connectivity index (χ1v) is 4.52. The van der Waals surface area contributed by atoms with Gasteiger partial charge in [0.2, 0.25) is 0 Å². The monoisotopic (exact) mass is 205 g/mol. The van der Waals surface area contributed by atoms with Gasteiger partial charge in [0.15, 0.2) is 5.78 Å². The van der Waals surface area contributed by atoms with Crippen LogP contribution in [0.25, 0.3) is 0 Å². The van der Waals surface area contributed by atoms with Gasteiger partial charge >= 0.3 is 0 Å². The van der Waals surface area contributed by atoms with E-state index >= 15 is 0 Å². The molecule has 0 atom stereocenters. The smallest absolute Gasteiger partial charge is 0.190 e. The topological polar surface area (TPSA) is 65.6 Å². The van der Waals surface area contributed by atoms with Crippen LogP contribution in [0.5, 0.6) is 0 Å². The Kier molecular flexibility index (Phi) is 2.32. The molecule has 2 rings (SSSR count). The summed E-state index contributed by atoms with van der Waals surface area (Å²) < 4.78 is 3.19. The fraction of sp³-hybridized carbons (Fsp3) is 0.333. The fourth-order valence-electron chi connectivity index (χ4n) is 1.28. The molecule has 0 fully saturated rings. The zero-order valence-electron chi connectivity index (χ0n) is 8.58. The van der Waals surface area contributed by atoms with Crippen molar-refractivity contribution in [3.63, 3.8) is 0 Å². The van der Waals surface area contributed by atoms with Crippen LogP contribution in [0.3, 0.4) is 0 Å². The van der Waals surface area contributed by atoms with Gasteiger partial charge in [-0.25, -0.2) is 4.98 Å². The fourth-order valence-corrected chi connectivity index (χ4v) is 1.28. The summed E-state index contributed by atoms with van der Waals surface area (Å²) in [6.07, 6.45) is 3.40. The SMILES string of the molecule is Cn1ccc(C(=O)Cc2ncnn2C)n1. The Morgan fingerprint density at radius 2 is 2.27 bits per heavy atom. The zero-order valence-corrected chi connectivity index (χ0v) is 8.58. The minimum Gasteiger partial charge on any atom is -0.292 e. The van der Waals surface area contributed by atoms with Crippen molar-refractivity contribution in [1.29, 1.82) is 0 Å². The van der Waals surface area contributed by atoms with Crippen molar-refractivity contribution in [2.24, 2.45) is 14.1 Å². The van der Waals surface area contributed by atoms with Crippen molar-refractivity contribution in [2.75, 3.05) is 0 Å². The van der Waals surface area contributed by atoms with E-state index in [9.17, 15) is 4.79 Å². The molecule has 0 aliphatic carbocycles. The van der Waals surface area contributed by atoms with Gasteiger partial charge in [-0.05, 0) is 6.07 Å². The lowest BCUT2D eigenvalue weighted by molar-refractivity contribution is 0.0984. The zero-order chi connectivity index (χ0) is 10.8. The molecule has 0 aromatic carbocycles. The predicted octanol–water partition coefficient (Wildman–Crippen LogP) is -0.0260. The molecule has 2 heterocycles. The number of rotatable bonds is 3. The van der Waals surface area contributed by atoms with Crippen molar-refractivity contribution in [1.82, 2.24) is 24.5 Å². The van der Waals surface area contributed by atoms with Crippen molar-refractivity contribution >= 4 is 5.78 Å². The normalized spacial score (nSPS) is 10.5. The second-order valence-corrected chi connectivity index (χ2v) is 3.27. The molecule has 0 amide bonds. The summed E-state index contributed by atoms with van der Waals surface area (Å²) in [7, 11) is 3.53. The van der Waals surface area contributed by atoms with Gasteiger partial charge in [-0.1, -0.05) is 0 Å². The van der Waals surface area contributed by atoms with Crippen LogP contribution in [0.1, 0.15) is 16.3 Å². The lowest BCUT2D eigenvalue weighted by atomic mass is 10.2. The Labute approximate surface area is 86.5 Å². The third-order valence-electron chi connectivity index (χ3n) is 2.12. The van der Waals surface area contributed by atoms with E-state index in [1.807, 2.05) is 0 Å². The first kappa shape index (κ1) is 9.57. The van der Waals surface area contributed by atoms with E-state index in [1.165, 1.54) is 6.33 Å². The molecule has 2 aromatic heterocycles. The Morgan fingerprint density at radius 3 is 2.80 bits per heavy atom. The number of aromatic nitrogens is 5. The van der Waals surface area contributed by atoms with Crippen LogP contribution in [-0.4, -0.2) is 30.3 Å². The van der Waals surface area contributed by atoms with Gasteiger partial charge < -0.3 is 0 Å². The Bertz CT molecular complexity index is 484. The molecule has 0 saturated carbocycles.